The highest BCUT2D eigenvalue weighted by Crippen LogP contribution is 2.31. The number of rotatable bonds is 5. The third kappa shape index (κ3) is 4.17. The lowest BCUT2D eigenvalue weighted by atomic mass is 10.00. The van der Waals surface area contributed by atoms with Gasteiger partial charge in [-0.15, -0.1) is 11.8 Å². The SMILES string of the molecule is CSc1ccc(-c2noc(C3CCCN(S(=O)(=O)c4ccc(C)c(C)c4)C3)n2)cc1. The molecule has 1 aromatic heterocycles. The van der Waals surface area contributed by atoms with Crippen molar-refractivity contribution in [3.05, 3.63) is 59.5 Å². The molecule has 0 radical (unpaired) electrons. The van der Waals surface area contributed by atoms with Gasteiger partial charge in [0.2, 0.25) is 21.7 Å². The zero-order valence-corrected chi connectivity index (χ0v) is 19.0. The third-order valence-electron chi connectivity index (χ3n) is 5.64. The molecule has 2 aromatic carbocycles. The van der Waals surface area contributed by atoms with Gasteiger partial charge in [-0.05, 0) is 80.5 Å². The van der Waals surface area contributed by atoms with Gasteiger partial charge in [0, 0.05) is 23.5 Å². The molecule has 0 saturated carbocycles. The van der Waals surface area contributed by atoms with Crippen molar-refractivity contribution in [3.63, 3.8) is 0 Å². The molecular weight excluding hydrogens is 418 g/mol. The minimum Gasteiger partial charge on any atom is -0.339 e. The first kappa shape index (κ1) is 21.1. The fraction of sp³-hybridized carbons (Fsp3) is 0.364. The molecule has 1 saturated heterocycles. The first-order valence-electron chi connectivity index (χ1n) is 9.94. The smallest absolute Gasteiger partial charge is 0.243 e. The molecule has 2 heterocycles. The van der Waals surface area contributed by atoms with E-state index in [9.17, 15) is 8.42 Å². The Bertz CT molecular complexity index is 1140. The maximum Gasteiger partial charge on any atom is 0.243 e. The molecule has 4 rings (SSSR count). The number of thioether (sulfide) groups is 1. The number of aryl methyl sites for hydroxylation is 2. The van der Waals surface area contributed by atoms with Gasteiger partial charge in [-0.25, -0.2) is 8.42 Å². The molecule has 1 unspecified atom stereocenters. The van der Waals surface area contributed by atoms with Gasteiger partial charge in [-0.3, -0.25) is 0 Å². The van der Waals surface area contributed by atoms with E-state index in [4.69, 9.17) is 4.52 Å². The van der Waals surface area contributed by atoms with Crippen molar-refractivity contribution < 1.29 is 12.9 Å². The molecule has 0 aliphatic carbocycles. The Morgan fingerprint density at radius 1 is 1.10 bits per heavy atom. The highest BCUT2D eigenvalue weighted by Gasteiger charge is 2.33. The van der Waals surface area contributed by atoms with E-state index in [0.717, 1.165) is 29.5 Å². The molecule has 0 bridgehead atoms. The topological polar surface area (TPSA) is 76.3 Å². The zero-order valence-electron chi connectivity index (χ0n) is 17.3. The van der Waals surface area contributed by atoms with Crippen molar-refractivity contribution in [2.45, 2.75) is 42.4 Å². The molecule has 30 heavy (non-hydrogen) atoms. The molecule has 1 fully saturated rings. The normalized spacial score (nSPS) is 17.9. The van der Waals surface area contributed by atoms with Crippen LogP contribution in [-0.2, 0) is 10.0 Å². The third-order valence-corrected chi connectivity index (χ3v) is 8.24. The molecular formula is C22H25N3O3S2. The molecule has 0 spiro atoms. The fourth-order valence-electron chi connectivity index (χ4n) is 3.64. The van der Waals surface area contributed by atoms with Crippen molar-refractivity contribution >= 4 is 21.8 Å². The second kappa shape index (κ2) is 8.53. The lowest BCUT2D eigenvalue weighted by Crippen LogP contribution is -2.39. The second-order valence-corrected chi connectivity index (χ2v) is 10.5. The number of benzene rings is 2. The summed E-state index contributed by atoms with van der Waals surface area (Å²) in [6.45, 7) is 4.76. The highest BCUT2D eigenvalue weighted by molar-refractivity contribution is 7.98. The molecule has 8 heteroatoms. The van der Waals surface area contributed by atoms with Crippen molar-refractivity contribution in [1.82, 2.24) is 14.4 Å². The van der Waals surface area contributed by atoms with Crippen LogP contribution in [0.15, 0.2) is 56.8 Å². The minimum atomic E-state index is -3.55. The molecule has 0 N–H and O–H groups in total. The average molecular weight is 444 g/mol. The number of sulfonamides is 1. The van der Waals surface area contributed by atoms with E-state index in [-0.39, 0.29) is 5.92 Å². The van der Waals surface area contributed by atoms with E-state index in [2.05, 4.69) is 10.1 Å². The van der Waals surface area contributed by atoms with Crippen LogP contribution >= 0.6 is 11.8 Å². The monoisotopic (exact) mass is 443 g/mol. The van der Waals surface area contributed by atoms with Gasteiger partial charge < -0.3 is 4.52 Å². The minimum absolute atomic E-state index is 0.105. The van der Waals surface area contributed by atoms with Crippen LogP contribution in [0.4, 0.5) is 0 Å². The van der Waals surface area contributed by atoms with Gasteiger partial charge in [0.1, 0.15) is 0 Å². The standard InChI is InChI=1S/C22H25N3O3S2/c1-15-6-11-20(13-16(15)2)30(26,27)25-12-4-5-18(14-25)22-23-21(24-28-22)17-7-9-19(29-3)10-8-17/h6-11,13,18H,4-5,12,14H2,1-3H3. The Morgan fingerprint density at radius 2 is 1.87 bits per heavy atom. The van der Waals surface area contributed by atoms with E-state index in [1.807, 2.05) is 50.4 Å². The van der Waals surface area contributed by atoms with Gasteiger partial charge in [0.05, 0.1) is 10.8 Å². The van der Waals surface area contributed by atoms with E-state index >= 15 is 0 Å². The Balaban J connectivity index is 1.54. The number of aromatic nitrogens is 2. The lowest BCUT2D eigenvalue weighted by Gasteiger charge is -2.30. The van der Waals surface area contributed by atoms with Gasteiger partial charge >= 0.3 is 0 Å². The van der Waals surface area contributed by atoms with Gasteiger partial charge in [0.25, 0.3) is 0 Å². The maximum absolute atomic E-state index is 13.2. The second-order valence-electron chi connectivity index (χ2n) is 7.63. The summed E-state index contributed by atoms with van der Waals surface area (Å²) in [5.41, 5.74) is 2.94. The van der Waals surface area contributed by atoms with Gasteiger partial charge in [0.15, 0.2) is 0 Å². The molecule has 1 aliphatic heterocycles. The van der Waals surface area contributed by atoms with Crippen LogP contribution in [0.1, 0.15) is 35.8 Å². The lowest BCUT2D eigenvalue weighted by molar-refractivity contribution is 0.265. The highest BCUT2D eigenvalue weighted by atomic mass is 32.2. The molecule has 6 nitrogen and oxygen atoms in total. The zero-order chi connectivity index (χ0) is 21.3. The predicted molar refractivity (Wildman–Crippen MR) is 118 cm³/mol. The van der Waals surface area contributed by atoms with Crippen molar-refractivity contribution in [2.75, 3.05) is 19.3 Å². The van der Waals surface area contributed by atoms with Crippen LogP contribution in [0.5, 0.6) is 0 Å². The first-order valence-corrected chi connectivity index (χ1v) is 12.6. The van der Waals surface area contributed by atoms with Crippen LogP contribution < -0.4 is 0 Å². The van der Waals surface area contributed by atoms with Crippen LogP contribution in [-0.4, -0.2) is 42.2 Å². The number of nitrogens with zero attached hydrogens (tertiary/aromatic N) is 3. The van der Waals surface area contributed by atoms with E-state index < -0.39 is 10.0 Å². The molecule has 1 atom stereocenters. The average Bonchev–Trinajstić information content (AvgIpc) is 3.26. The summed E-state index contributed by atoms with van der Waals surface area (Å²) in [4.78, 5) is 6.08. The predicted octanol–water partition coefficient (Wildman–Crippen LogP) is 4.64. The van der Waals surface area contributed by atoms with Crippen molar-refractivity contribution in [1.29, 1.82) is 0 Å². The number of piperidine rings is 1. The molecule has 0 amide bonds. The molecule has 1 aliphatic rings. The summed E-state index contributed by atoms with van der Waals surface area (Å²) in [6.07, 6.45) is 3.61. The summed E-state index contributed by atoms with van der Waals surface area (Å²) < 4.78 is 33.4. The van der Waals surface area contributed by atoms with Crippen LogP contribution in [0.25, 0.3) is 11.4 Å². The summed E-state index contributed by atoms with van der Waals surface area (Å²) in [6, 6.07) is 13.3. The van der Waals surface area contributed by atoms with Crippen LogP contribution in [0.2, 0.25) is 0 Å². The Morgan fingerprint density at radius 3 is 2.57 bits per heavy atom. The van der Waals surface area contributed by atoms with Crippen molar-refractivity contribution in [2.24, 2.45) is 0 Å². The number of hydrogen-bond donors (Lipinski definition) is 0. The van der Waals surface area contributed by atoms with E-state index in [1.54, 1.807) is 28.2 Å². The fourth-order valence-corrected chi connectivity index (χ4v) is 5.66. The first-order chi connectivity index (χ1) is 14.4. The van der Waals surface area contributed by atoms with Gasteiger partial charge in [-0.2, -0.15) is 9.29 Å². The van der Waals surface area contributed by atoms with Crippen molar-refractivity contribution in [3.8, 4) is 11.4 Å². The number of hydrogen-bond acceptors (Lipinski definition) is 6. The van der Waals surface area contributed by atoms with Crippen LogP contribution in [0.3, 0.4) is 0 Å². The maximum atomic E-state index is 13.2. The van der Waals surface area contributed by atoms with Crippen LogP contribution in [0, 0.1) is 13.8 Å². The largest absolute Gasteiger partial charge is 0.339 e. The summed E-state index contributed by atoms with van der Waals surface area (Å²) in [5.74, 6) is 0.928. The van der Waals surface area contributed by atoms with E-state index in [0.29, 0.717) is 29.7 Å². The molecule has 158 valence electrons. The summed E-state index contributed by atoms with van der Waals surface area (Å²) >= 11 is 1.68. The van der Waals surface area contributed by atoms with Gasteiger partial charge in [-0.1, -0.05) is 11.2 Å². The molecule has 3 aromatic rings. The van der Waals surface area contributed by atoms with E-state index in [1.165, 1.54) is 4.90 Å². The Kier molecular flexibility index (Phi) is 5.99. The summed E-state index contributed by atoms with van der Waals surface area (Å²) in [7, 11) is -3.55. The quantitative estimate of drug-likeness (QED) is 0.535. The Labute approximate surface area is 181 Å². The summed E-state index contributed by atoms with van der Waals surface area (Å²) in [5, 5.41) is 4.12. The Hall–Kier alpha value is -2.16.